The van der Waals surface area contributed by atoms with Crippen LogP contribution < -0.4 is 0 Å². The normalized spacial score (nSPS) is 35.5. The van der Waals surface area contributed by atoms with Gasteiger partial charge in [-0.3, -0.25) is 4.98 Å². The SMILES string of the molecule is N#CC1(c2cncc(Br)c2)C[C@@H]2CC[C@@H](C2)C1. The Balaban J connectivity index is 2.00. The van der Waals surface area contributed by atoms with E-state index in [0.29, 0.717) is 0 Å². The molecule has 3 rings (SSSR count). The zero-order valence-electron chi connectivity index (χ0n) is 9.69. The minimum Gasteiger partial charge on any atom is -0.263 e. The Morgan fingerprint density at radius 3 is 2.59 bits per heavy atom. The number of aromatic nitrogens is 1. The minimum atomic E-state index is -0.277. The summed E-state index contributed by atoms with van der Waals surface area (Å²) in [5.74, 6) is 1.51. The molecule has 2 nitrogen and oxygen atoms in total. The molecule has 0 amide bonds. The van der Waals surface area contributed by atoms with Crippen molar-refractivity contribution in [1.82, 2.24) is 4.98 Å². The monoisotopic (exact) mass is 290 g/mol. The first-order valence-electron chi connectivity index (χ1n) is 6.24. The summed E-state index contributed by atoms with van der Waals surface area (Å²) in [6, 6.07) is 4.67. The molecule has 0 aromatic carbocycles. The highest BCUT2D eigenvalue weighted by Gasteiger charge is 2.45. The molecular formula is C14H15BrN2. The fraction of sp³-hybridized carbons (Fsp3) is 0.571. The van der Waals surface area contributed by atoms with Gasteiger partial charge in [-0.2, -0.15) is 5.26 Å². The summed E-state index contributed by atoms with van der Waals surface area (Å²) in [7, 11) is 0. The number of nitrogens with zero attached hydrogens (tertiary/aromatic N) is 2. The van der Waals surface area contributed by atoms with Gasteiger partial charge in [-0.25, -0.2) is 0 Å². The van der Waals surface area contributed by atoms with Crippen LogP contribution in [-0.4, -0.2) is 4.98 Å². The van der Waals surface area contributed by atoms with Gasteiger partial charge in [-0.1, -0.05) is 12.8 Å². The summed E-state index contributed by atoms with van der Waals surface area (Å²) in [6.07, 6.45) is 9.68. The van der Waals surface area contributed by atoms with Gasteiger partial charge in [0.05, 0.1) is 11.5 Å². The van der Waals surface area contributed by atoms with Gasteiger partial charge in [-0.15, -0.1) is 0 Å². The van der Waals surface area contributed by atoms with Crippen molar-refractivity contribution in [1.29, 1.82) is 5.26 Å². The molecule has 0 spiro atoms. The highest BCUT2D eigenvalue weighted by atomic mass is 79.9. The highest BCUT2D eigenvalue weighted by Crippen LogP contribution is 2.51. The van der Waals surface area contributed by atoms with Gasteiger partial charge in [0.15, 0.2) is 0 Å². The Morgan fingerprint density at radius 1 is 1.29 bits per heavy atom. The van der Waals surface area contributed by atoms with E-state index in [-0.39, 0.29) is 5.41 Å². The molecule has 2 saturated carbocycles. The third-order valence-electron chi connectivity index (χ3n) is 4.40. The van der Waals surface area contributed by atoms with Crippen LogP contribution in [0.2, 0.25) is 0 Å². The van der Waals surface area contributed by atoms with E-state index in [2.05, 4.69) is 33.0 Å². The summed E-state index contributed by atoms with van der Waals surface area (Å²) in [5, 5.41) is 9.66. The predicted octanol–water partition coefficient (Wildman–Crippen LogP) is 3.82. The van der Waals surface area contributed by atoms with Gasteiger partial charge in [0.2, 0.25) is 0 Å². The number of nitriles is 1. The average Bonchev–Trinajstić information content (AvgIpc) is 2.69. The summed E-state index contributed by atoms with van der Waals surface area (Å²) < 4.78 is 0.975. The van der Waals surface area contributed by atoms with Gasteiger partial charge >= 0.3 is 0 Å². The quantitative estimate of drug-likeness (QED) is 0.788. The van der Waals surface area contributed by atoms with E-state index < -0.39 is 0 Å². The lowest BCUT2D eigenvalue weighted by Crippen LogP contribution is -2.32. The summed E-state index contributed by atoms with van der Waals surface area (Å²) in [4.78, 5) is 4.22. The number of halogens is 1. The average molecular weight is 291 g/mol. The first kappa shape index (κ1) is 11.2. The molecule has 1 aromatic heterocycles. The summed E-state index contributed by atoms with van der Waals surface area (Å²) in [6.45, 7) is 0. The van der Waals surface area contributed by atoms with Crippen LogP contribution in [0.5, 0.6) is 0 Å². The van der Waals surface area contributed by atoms with E-state index >= 15 is 0 Å². The zero-order chi connectivity index (χ0) is 11.9. The first-order valence-corrected chi connectivity index (χ1v) is 7.03. The van der Waals surface area contributed by atoms with Gasteiger partial charge in [0.25, 0.3) is 0 Å². The van der Waals surface area contributed by atoms with Gasteiger partial charge in [0, 0.05) is 16.9 Å². The van der Waals surface area contributed by atoms with Crippen LogP contribution in [-0.2, 0) is 5.41 Å². The Labute approximate surface area is 110 Å². The van der Waals surface area contributed by atoms with Crippen LogP contribution in [0.1, 0.15) is 37.7 Å². The first-order chi connectivity index (χ1) is 8.22. The molecule has 3 heteroatoms. The second-order valence-corrected chi connectivity index (χ2v) is 6.45. The molecule has 2 aliphatic carbocycles. The van der Waals surface area contributed by atoms with Crippen LogP contribution >= 0.6 is 15.9 Å². The Kier molecular flexibility index (Phi) is 2.71. The molecule has 2 aliphatic rings. The van der Waals surface area contributed by atoms with Crippen LogP contribution in [0, 0.1) is 23.2 Å². The minimum absolute atomic E-state index is 0.277. The van der Waals surface area contributed by atoms with Gasteiger partial charge in [-0.05, 0) is 58.7 Å². The van der Waals surface area contributed by atoms with E-state index in [0.717, 1.165) is 34.7 Å². The topological polar surface area (TPSA) is 36.7 Å². The van der Waals surface area contributed by atoms with Crippen molar-refractivity contribution in [2.45, 2.75) is 37.5 Å². The molecule has 88 valence electrons. The van der Waals surface area contributed by atoms with Gasteiger partial charge in [0.1, 0.15) is 0 Å². The predicted molar refractivity (Wildman–Crippen MR) is 69.3 cm³/mol. The number of fused-ring (bicyclic) bond motifs is 2. The lowest BCUT2D eigenvalue weighted by molar-refractivity contribution is 0.264. The molecule has 0 radical (unpaired) electrons. The Morgan fingerprint density at radius 2 is 2.00 bits per heavy atom. The van der Waals surface area contributed by atoms with E-state index in [1.807, 2.05) is 6.20 Å². The smallest absolute Gasteiger partial charge is 0.0842 e. The molecule has 2 bridgehead atoms. The number of rotatable bonds is 1. The van der Waals surface area contributed by atoms with Crippen LogP contribution in [0.25, 0.3) is 0 Å². The van der Waals surface area contributed by atoms with Crippen molar-refractivity contribution in [3.63, 3.8) is 0 Å². The maximum absolute atomic E-state index is 9.66. The Hall–Kier alpha value is -0.880. The number of pyridine rings is 1. The van der Waals surface area contributed by atoms with Gasteiger partial charge < -0.3 is 0 Å². The summed E-state index contributed by atoms with van der Waals surface area (Å²) >= 11 is 3.46. The molecule has 1 heterocycles. The molecule has 0 N–H and O–H groups in total. The molecule has 2 fully saturated rings. The van der Waals surface area contributed by atoms with E-state index in [1.165, 1.54) is 19.3 Å². The van der Waals surface area contributed by atoms with Crippen molar-refractivity contribution in [3.8, 4) is 6.07 Å². The fourth-order valence-electron chi connectivity index (χ4n) is 3.68. The van der Waals surface area contributed by atoms with E-state index in [4.69, 9.17) is 0 Å². The number of hydrogen-bond acceptors (Lipinski definition) is 2. The van der Waals surface area contributed by atoms with Crippen molar-refractivity contribution in [2.75, 3.05) is 0 Å². The molecule has 1 aromatic rings. The Bertz CT molecular complexity index is 465. The van der Waals surface area contributed by atoms with Crippen molar-refractivity contribution >= 4 is 15.9 Å². The van der Waals surface area contributed by atoms with E-state index in [9.17, 15) is 5.26 Å². The third-order valence-corrected chi connectivity index (χ3v) is 4.83. The molecule has 0 aliphatic heterocycles. The van der Waals surface area contributed by atoms with Crippen LogP contribution in [0.15, 0.2) is 22.9 Å². The third kappa shape index (κ3) is 1.89. The zero-order valence-corrected chi connectivity index (χ0v) is 11.3. The fourth-order valence-corrected chi connectivity index (χ4v) is 4.05. The van der Waals surface area contributed by atoms with Crippen molar-refractivity contribution < 1.29 is 0 Å². The molecular weight excluding hydrogens is 276 g/mol. The summed E-state index contributed by atoms with van der Waals surface area (Å²) in [5.41, 5.74) is 0.826. The number of hydrogen-bond donors (Lipinski definition) is 0. The molecule has 0 saturated heterocycles. The van der Waals surface area contributed by atoms with Crippen molar-refractivity contribution in [2.24, 2.45) is 11.8 Å². The standard InChI is InChI=1S/C14H15BrN2/c15-13-4-12(7-17-8-13)14(9-16)5-10-1-2-11(3-10)6-14/h4,7-8,10-11H,1-3,5-6H2/t10-,11+,14?. The second kappa shape index (κ2) is 4.10. The van der Waals surface area contributed by atoms with Crippen molar-refractivity contribution in [3.05, 3.63) is 28.5 Å². The van der Waals surface area contributed by atoms with E-state index in [1.54, 1.807) is 6.20 Å². The highest BCUT2D eigenvalue weighted by molar-refractivity contribution is 9.10. The largest absolute Gasteiger partial charge is 0.263 e. The molecule has 1 unspecified atom stereocenters. The van der Waals surface area contributed by atoms with Crippen LogP contribution in [0.3, 0.4) is 0 Å². The maximum Gasteiger partial charge on any atom is 0.0842 e. The second-order valence-electron chi connectivity index (χ2n) is 5.54. The lowest BCUT2D eigenvalue weighted by atomic mass is 9.66. The van der Waals surface area contributed by atoms with Crippen LogP contribution in [0.4, 0.5) is 0 Å². The lowest BCUT2D eigenvalue weighted by Gasteiger charge is -2.35. The molecule has 3 atom stereocenters. The molecule has 17 heavy (non-hydrogen) atoms. The maximum atomic E-state index is 9.66.